The van der Waals surface area contributed by atoms with Crippen LogP contribution in [0.3, 0.4) is 0 Å². The summed E-state index contributed by atoms with van der Waals surface area (Å²) in [6, 6.07) is 1.83. The molecule has 0 aliphatic heterocycles. The molecule has 18 heavy (non-hydrogen) atoms. The first-order chi connectivity index (χ1) is 8.43. The Morgan fingerprint density at radius 2 is 1.72 bits per heavy atom. The van der Waals surface area contributed by atoms with E-state index in [0.717, 1.165) is 18.2 Å². The Morgan fingerprint density at radius 3 is 2.22 bits per heavy atom. The quantitative estimate of drug-likeness (QED) is 0.535. The Hall–Kier alpha value is -1.36. The van der Waals surface area contributed by atoms with Crippen LogP contribution in [-0.2, 0) is 0 Å². The summed E-state index contributed by atoms with van der Waals surface area (Å²) >= 11 is 0. The van der Waals surface area contributed by atoms with Crippen molar-refractivity contribution < 1.29 is 0 Å². The molecule has 5 nitrogen and oxygen atoms in total. The minimum Gasteiger partial charge on any atom is -0.370 e. The van der Waals surface area contributed by atoms with Crippen molar-refractivity contribution in [3.05, 3.63) is 11.9 Å². The maximum Gasteiger partial charge on any atom is 0.145 e. The van der Waals surface area contributed by atoms with Crippen molar-refractivity contribution in [3.8, 4) is 0 Å². The summed E-state index contributed by atoms with van der Waals surface area (Å²) in [4.78, 5) is 8.82. The van der Waals surface area contributed by atoms with E-state index >= 15 is 0 Å². The van der Waals surface area contributed by atoms with Gasteiger partial charge < -0.3 is 10.7 Å². The SMILES string of the molecule is CC(C)c1nc(NN)cc(NCC(C)C(C)C)n1. The second kappa shape index (κ2) is 6.54. The van der Waals surface area contributed by atoms with Gasteiger partial charge in [-0.2, -0.15) is 0 Å². The normalized spacial score (nSPS) is 12.9. The molecular weight excluding hydrogens is 226 g/mol. The molecule has 0 amide bonds. The van der Waals surface area contributed by atoms with E-state index in [1.54, 1.807) is 0 Å². The highest BCUT2D eigenvalue weighted by molar-refractivity contribution is 5.47. The van der Waals surface area contributed by atoms with Gasteiger partial charge in [0.15, 0.2) is 0 Å². The van der Waals surface area contributed by atoms with Crippen molar-refractivity contribution >= 4 is 11.6 Å². The predicted molar refractivity (Wildman–Crippen MR) is 76.4 cm³/mol. The van der Waals surface area contributed by atoms with Crippen LogP contribution >= 0.6 is 0 Å². The van der Waals surface area contributed by atoms with Crippen molar-refractivity contribution in [2.24, 2.45) is 17.7 Å². The van der Waals surface area contributed by atoms with Gasteiger partial charge in [0.25, 0.3) is 0 Å². The maximum atomic E-state index is 5.42. The molecule has 5 heteroatoms. The topological polar surface area (TPSA) is 75.9 Å². The molecule has 0 fully saturated rings. The van der Waals surface area contributed by atoms with Crippen LogP contribution in [0.5, 0.6) is 0 Å². The number of hydrazine groups is 1. The van der Waals surface area contributed by atoms with Gasteiger partial charge >= 0.3 is 0 Å². The fraction of sp³-hybridized carbons (Fsp3) is 0.692. The molecule has 102 valence electrons. The summed E-state index contributed by atoms with van der Waals surface area (Å²) < 4.78 is 0. The van der Waals surface area contributed by atoms with Gasteiger partial charge in [-0.3, -0.25) is 0 Å². The molecule has 1 aromatic rings. The third-order valence-corrected chi connectivity index (χ3v) is 3.15. The number of nitrogens with zero attached hydrogens (tertiary/aromatic N) is 2. The molecule has 1 rings (SSSR count). The molecule has 0 aliphatic rings. The van der Waals surface area contributed by atoms with Crippen LogP contribution in [0.1, 0.15) is 46.4 Å². The molecule has 1 heterocycles. The smallest absolute Gasteiger partial charge is 0.145 e. The van der Waals surface area contributed by atoms with E-state index in [-0.39, 0.29) is 5.92 Å². The second-order valence-electron chi connectivity index (χ2n) is 5.40. The van der Waals surface area contributed by atoms with Crippen LogP contribution < -0.4 is 16.6 Å². The van der Waals surface area contributed by atoms with E-state index in [9.17, 15) is 0 Å². The van der Waals surface area contributed by atoms with Gasteiger partial charge in [-0.15, -0.1) is 0 Å². The van der Waals surface area contributed by atoms with Gasteiger partial charge in [-0.05, 0) is 11.8 Å². The lowest BCUT2D eigenvalue weighted by Gasteiger charge is -2.17. The number of nitrogens with one attached hydrogen (secondary N) is 2. The zero-order valence-corrected chi connectivity index (χ0v) is 12.0. The highest BCUT2D eigenvalue weighted by Gasteiger charge is 2.10. The summed E-state index contributed by atoms with van der Waals surface area (Å²) in [5, 5.41) is 3.35. The molecule has 0 aromatic carbocycles. The minimum absolute atomic E-state index is 0.279. The summed E-state index contributed by atoms with van der Waals surface area (Å²) in [5.74, 6) is 9.22. The first-order valence-corrected chi connectivity index (χ1v) is 6.53. The number of anilines is 2. The third kappa shape index (κ3) is 4.14. The van der Waals surface area contributed by atoms with E-state index in [4.69, 9.17) is 5.84 Å². The van der Waals surface area contributed by atoms with E-state index < -0.39 is 0 Å². The van der Waals surface area contributed by atoms with Crippen molar-refractivity contribution in [1.82, 2.24) is 9.97 Å². The van der Waals surface area contributed by atoms with Gasteiger partial charge in [0.05, 0.1) is 0 Å². The molecule has 0 saturated heterocycles. The molecule has 0 aliphatic carbocycles. The molecule has 1 aromatic heterocycles. The van der Waals surface area contributed by atoms with Gasteiger partial charge in [0.2, 0.25) is 0 Å². The van der Waals surface area contributed by atoms with E-state index in [1.165, 1.54) is 0 Å². The Bertz CT molecular complexity index is 376. The number of nitrogen functional groups attached to an aromatic ring is 1. The molecule has 1 atom stereocenters. The van der Waals surface area contributed by atoms with Gasteiger partial charge in [0, 0.05) is 18.5 Å². The number of rotatable bonds is 6. The van der Waals surface area contributed by atoms with Crippen LogP contribution in [0, 0.1) is 11.8 Å². The zero-order chi connectivity index (χ0) is 13.7. The van der Waals surface area contributed by atoms with Crippen LogP contribution in [-0.4, -0.2) is 16.5 Å². The number of hydrogen-bond donors (Lipinski definition) is 3. The Labute approximate surface area is 110 Å². The van der Waals surface area contributed by atoms with Gasteiger partial charge in [-0.1, -0.05) is 34.6 Å². The van der Waals surface area contributed by atoms with Gasteiger partial charge in [0.1, 0.15) is 17.5 Å². The number of aromatic nitrogens is 2. The monoisotopic (exact) mass is 251 g/mol. The zero-order valence-electron chi connectivity index (χ0n) is 12.0. The van der Waals surface area contributed by atoms with Crippen LogP contribution in [0.25, 0.3) is 0 Å². The average Bonchev–Trinajstić information content (AvgIpc) is 2.35. The fourth-order valence-corrected chi connectivity index (χ4v) is 1.39. The largest absolute Gasteiger partial charge is 0.370 e. The lowest BCUT2D eigenvalue weighted by molar-refractivity contribution is 0.439. The van der Waals surface area contributed by atoms with Crippen molar-refractivity contribution in [1.29, 1.82) is 0 Å². The minimum atomic E-state index is 0.279. The number of hydrogen-bond acceptors (Lipinski definition) is 5. The molecule has 0 saturated carbocycles. The third-order valence-electron chi connectivity index (χ3n) is 3.15. The fourth-order valence-electron chi connectivity index (χ4n) is 1.39. The lowest BCUT2D eigenvalue weighted by atomic mass is 9.98. The maximum absolute atomic E-state index is 5.42. The summed E-state index contributed by atoms with van der Waals surface area (Å²) in [6.45, 7) is 11.7. The highest BCUT2D eigenvalue weighted by atomic mass is 15.3. The van der Waals surface area contributed by atoms with E-state index in [1.807, 2.05) is 6.07 Å². The molecule has 0 bridgehead atoms. The van der Waals surface area contributed by atoms with Crippen molar-refractivity contribution in [2.45, 2.75) is 40.5 Å². The average molecular weight is 251 g/mol. The molecule has 0 radical (unpaired) electrons. The lowest BCUT2D eigenvalue weighted by Crippen LogP contribution is -2.18. The highest BCUT2D eigenvalue weighted by Crippen LogP contribution is 2.17. The van der Waals surface area contributed by atoms with Crippen LogP contribution in [0.4, 0.5) is 11.6 Å². The molecular formula is C13H25N5. The summed E-state index contributed by atoms with van der Waals surface area (Å²) in [5.41, 5.74) is 2.58. The summed E-state index contributed by atoms with van der Waals surface area (Å²) in [6.07, 6.45) is 0. The van der Waals surface area contributed by atoms with E-state index in [2.05, 4.69) is 55.3 Å². The second-order valence-corrected chi connectivity index (χ2v) is 5.40. The molecule has 4 N–H and O–H groups in total. The Morgan fingerprint density at radius 1 is 1.11 bits per heavy atom. The van der Waals surface area contributed by atoms with Crippen molar-refractivity contribution in [3.63, 3.8) is 0 Å². The standard InChI is InChI=1S/C13H25N5/c1-8(2)10(5)7-15-11-6-12(18-14)17-13(16-11)9(3)4/h6,8-10H,7,14H2,1-5H3,(H2,15,16,17,18). The summed E-state index contributed by atoms with van der Waals surface area (Å²) in [7, 11) is 0. The van der Waals surface area contributed by atoms with Gasteiger partial charge in [-0.25, -0.2) is 15.8 Å². The first-order valence-electron chi connectivity index (χ1n) is 6.53. The number of nitrogens with two attached hydrogens (primary N) is 1. The van der Waals surface area contributed by atoms with Crippen molar-refractivity contribution in [2.75, 3.05) is 17.3 Å². The van der Waals surface area contributed by atoms with Crippen LogP contribution in [0.2, 0.25) is 0 Å². The first kappa shape index (κ1) is 14.7. The predicted octanol–water partition coefficient (Wildman–Crippen LogP) is 2.59. The molecule has 0 spiro atoms. The van der Waals surface area contributed by atoms with E-state index in [0.29, 0.717) is 17.7 Å². The molecule has 1 unspecified atom stereocenters. The van der Waals surface area contributed by atoms with Crippen LogP contribution in [0.15, 0.2) is 6.07 Å². The Kier molecular flexibility index (Phi) is 5.34. The Balaban J connectivity index is 2.78.